The van der Waals surface area contributed by atoms with Crippen molar-refractivity contribution < 1.29 is 9.47 Å². The zero-order valence-corrected chi connectivity index (χ0v) is 15.3. The van der Waals surface area contributed by atoms with Crippen molar-refractivity contribution in [1.82, 2.24) is 29.8 Å². The van der Waals surface area contributed by atoms with Crippen LogP contribution in [0.15, 0.2) is 52.6 Å². The highest BCUT2D eigenvalue weighted by atomic mass is 32.2. The number of aromatic nitrogens is 6. The number of aryl methyl sites for hydroxylation is 1. The van der Waals surface area contributed by atoms with Gasteiger partial charge in [0, 0.05) is 7.05 Å². The van der Waals surface area contributed by atoms with Gasteiger partial charge in [-0.05, 0) is 30.3 Å². The van der Waals surface area contributed by atoms with Crippen LogP contribution in [0.3, 0.4) is 0 Å². The molecule has 0 aliphatic rings. The molecule has 9 heteroatoms. The van der Waals surface area contributed by atoms with Gasteiger partial charge in [0.1, 0.15) is 27.7 Å². The summed E-state index contributed by atoms with van der Waals surface area (Å²) in [5.41, 5.74) is 2.20. The molecule has 8 nitrogen and oxygen atoms in total. The highest BCUT2D eigenvalue weighted by Gasteiger charge is 2.13. The molecule has 0 spiro atoms. The smallest absolute Gasteiger partial charge is 0.184 e. The van der Waals surface area contributed by atoms with Crippen LogP contribution < -0.4 is 9.47 Å². The fourth-order valence-electron chi connectivity index (χ4n) is 2.52. The largest absolute Gasteiger partial charge is 0.497 e. The fourth-order valence-corrected chi connectivity index (χ4v) is 3.44. The Morgan fingerprint density at radius 1 is 1.08 bits per heavy atom. The van der Waals surface area contributed by atoms with Crippen molar-refractivity contribution in [3.8, 4) is 17.2 Å². The summed E-state index contributed by atoms with van der Waals surface area (Å²) in [6, 6.07) is 9.47. The standard InChI is InChI=1S/C17H16N6O2S/c1-22-10-11(9-18-22)23-17-13(20-21-23)5-7-16(19-17)26-15-8-12(24-2)4-6-14(15)25-3/h4-10H,1-3H3. The number of hydrogen-bond acceptors (Lipinski definition) is 7. The van der Waals surface area contributed by atoms with E-state index in [0.717, 1.165) is 32.6 Å². The average Bonchev–Trinajstić information content (AvgIpc) is 3.27. The number of ether oxygens (including phenoxy) is 2. The number of fused-ring (bicyclic) bond motifs is 1. The number of hydrogen-bond donors (Lipinski definition) is 0. The first-order chi connectivity index (χ1) is 12.7. The normalized spacial score (nSPS) is 11.0. The van der Waals surface area contributed by atoms with Crippen LogP contribution in [0.4, 0.5) is 0 Å². The summed E-state index contributed by atoms with van der Waals surface area (Å²) in [6.07, 6.45) is 3.58. The number of methoxy groups -OCH3 is 2. The molecule has 0 saturated carbocycles. The first-order valence-corrected chi connectivity index (χ1v) is 8.61. The van der Waals surface area contributed by atoms with Crippen molar-refractivity contribution >= 4 is 22.9 Å². The van der Waals surface area contributed by atoms with E-state index in [1.165, 1.54) is 11.8 Å². The molecule has 3 heterocycles. The number of rotatable bonds is 5. The minimum absolute atomic E-state index is 0.671. The molecule has 4 rings (SSSR count). The molecule has 0 aliphatic heterocycles. The topological polar surface area (TPSA) is 79.9 Å². The van der Waals surface area contributed by atoms with Gasteiger partial charge in [-0.1, -0.05) is 17.0 Å². The van der Waals surface area contributed by atoms with Gasteiger partial charge in [-0.2, -0.15) is 9.78 Å². The van der Waals surface area contributed by atoms with Crippen LogP contribution in [-0.2, 0) is 7.05 Å². The van der Waals surface area contributed by atoms with Gasteiger partial charge < -0.3 is 9.47 Å². The SMILES string of the molecule is COc1ccc(OC)c(Sc2ccc3nnn(-c4cnn(C)c4)c3n2)c1. The minimum Gasteiger partial charge on any atom is -0.497 e. The third-order valence-corrected chi connectivity index (χ3v) is 4.77. The third kappa shape index (κ3) is 2.97. The van der Waals surface area contributed by atoms with E-state index in [1.807, 2.05) is 43.6 Å². The molecular formula is C17H16N6O2S. The van der Waals surface area contributed by atoms with E-state index in [0.29, 0.717) is 5.65 Å². The summed E-state index contributed by atoms with van der Waals surface area (Å²) < 4.78 is 14.1. The maximum absolute atomic E-state index is 5.44. The fraction of sp³-hybridized carbons (Fsp3) is 0.176. The zero-order valence-electron chi connectivity index (χ0n) is 14.4. The molecule has 3 aromatic heterocycles. The van der Waals surface area contributed by atoms with Crippen LogP contribution in [0.25, 0.3) is 16.9 Å². The second-order valence-electron chi connectivity index (χ2n) is 5.48. The minimum atomic E-state index is 0.671. The van der Waals surface area contributed by atoms with Crippen LogP contribution in [0.2, 0.25) is 0 Å². The van der Waals surface area contributed by atoms with Gasteiger partial charge in [-0.25, -0.2) is 4.98 Å². The predicted molar refractivity (Wildman–Crippen MR) is 97.1 cm³/mol. The maximum atomic E-state index is 5.44. The number of nitrogens with zero attached hydrogens (tertiary/aromatic N) is 6. The van der Waals surface area contributed by atoms with Gasteiger partial charge in [0.15, 0.2) is 5.65 Å². The second-order valence-corrected chi connectivity index (χ2v) is 6.55. The second kappa shape index (κ2) is 6.68. The lowest BCUT2D eigenvalue weighted by Gasteiger charge is -2.09. The van der Waals surface area contributed by atoms with Gasteiger partial charge in [-0.3, -0.25) is 4.68 Å². The summed E-state index contributed by atoms with van der Waals surface area (Å²) in [5.74, 6) is 1.52. The van der Waals surface area contributed by atoms with Gasteiger partial charge in [0.05, 0.1) is 31.5 Å². The highest BCUT2D eigenvalue weighted by molar-refractivity contribution is 7.99. The Hall–Kier alpha value is -3.07. The number of benzene rings is 1. The van der Waals surface area contributed by atoms with E-state index in [4.69, 9.17) is 14.5 Å². The third-order valence-electron chi connectivity index (χ3n) is 3.79. The van der Waals surface area contributed by atoms with Gasteiger partial charge in [0.2, 0.25) is 0 Å². The van der Waals surface area contributed by atoms with E-state index in [1.54, 1.807) is 29.8 Å². The van der Waals surface area contributed by atoms with E-state index < -0.39 is 0 Å². The molecule has 0 saturated heterocycles. The van der Waals surface area contributed by atoms with Crippen molar-refractivity contribution in [2.24, 2.45) is 7.05 Å². The van der Waals surface area contributed by atoms with E-state index in [-0.39, 0.29) is 0 Å². The summed E-state index contributed by atoms with van der Waals surface area (Å²) in [5, 5.41) is 13.3. The molecule has 0 radical (unpaired) electrons. The molecule has 0 unspecified atom stereocenters. The Balaban J connectivity index is 1.74. The van der Waals surface area contributed by atoms with Crippen molar-refractivity contribution in [3.05, 3.63) is 42.7 Å². The Bertz CT molecular complexity index is 1070. The molecular weight excluding hydrogens is 352 g/mol. The summed E-state index contributed by atoms with van der Waals surface area (Å²) >= 11 is 1.49. The lowest BCUT2D eigenvalue weighted by atomic mass is 10.3. The Labute approximate surface area is 153 Å². The Kier molecular flexibility index (Phi) is 4.21. The molecule has 0 fully saturated rings. The monoisotopic (exact) mass is 368 g/mol. The van der Waals surface area contributed by atoms with Gasteiger partial charge in [0.25, 0.3) is 0 Å². The van der Waals surface area contributed by atoms with E-state index >= 15 is 0 Å². The summed E-state index contributed by atoms with van der Waals surface area (Å²) in [7, 11) is 5.13. The lowest BCUT2D eigenvalue weighted by molar-refractivity contribution is 0.394. The van der Waals surface area contributed by atoms with Crippen molar-refractivity contribution in [1.29, 1.82) is 0 Å². The Morgan fingerprint density at radius 2 is 1.96 bits per heavy atom. The van der Waals surface area contributed by atoms with Crippen molar-refractivity contribution in [2.45, 2.75) is 9.92 Å². The highest BCUT2D eigenvalue weighted by Crippen LogP contribution is 2.37. The maximum Gasteiger partial charge on any atom is 0.184 e. The molecule has 26 heavy (non-hydrogen) atoms. The van der Waals surface area contributed by atoms with Crippen LogP contribution in [0, 0.1) is 0 Å². The van der Waals surface area contributed by atoms with Crippen LogP contribution in [0.5, 0.6) is 11.5 Å². The molecule has 4 aromatic rings. The molecule has 0 bridgehead atoms. The summed E-state index contributed by atoms with van der Waals surface area (Å²) in [6.45, 7) is 0. The van der Waals surface area contributed by atoms with Crippen LogP contribution in [-0.4, -0.2) is 44.0 Å². The molecule has 0 atom stereocenters. The van der Waals surface area contributed by atoms with Gasteiger partial charge >= 0.3 is 0 Å². The molecule has 0 amide bonds. The lowest BCUT2D eigenvalue weighted by Crippen LogP contribution is -1.97. The zero-order chi connectivity index (χ0) is 18.1. The molecule has 0 N–H and O–H groups in total. The average molecular weight is 368 g/mol. The predicted octanol–water partition coefficient (Wildman–Crippen LogP) is 2.72. The molecule has 1 aromatic carbocycles. The first kappa shape index (κ1) is 16.4. The van der Waals surface area contributed by atoms with Crippen molar-refractivity contribution in [3.63, 3.8) is 0 Å². The first-order valence-electron chi connectivity index (χ1n) is 7.79. The van der Waals surface area contributed by atoms with E-state index in [2.05, 4.69) is 15.4 Å². The van der Waals surface area contributed by atoms with Crippen LogP contribution in [0.1, 0.15) is 0 Å². The molecule has 132 valence electrons. The van der Waals surface area contributed by atoms with Crippen molar-refractivity contribution in [2.75, 3.05) is 14.2 Å². The quantitative estimate of drug-likeness (QED) is 0.536. The van der Waals surface area contributed by atoms with E-state index in [9.17, 15) is 0 Å². The van der Waals surface area contributed by atoms with Crippen LogP contribution >= 0.6 is 11.8 Å². The molecule has 0 aliphatic carbocycles. The van der Waals surface area contributed by atoms with Gasteiger partial charge in [-0.15, -0.1) is 5.10 Å². The summed E-state index contributed by atoms with van der Waals surface area (Å²) in [4.78, 5) is 5.63. The number of pyridine rings is 1. The Morgan fingerprint density at radius 3 is 2.69 bits per heavy atom.